The molecule has 1 atom stereocenters. The fraction of sp³-hybridized carbons (Fsp3) is 0.750. The van der Waals surface area contributed by atoms with Crippen LogP contribution < -0.4 is 5.32 Å². The quantitative estimate of drug-likeness (QED) is 0.744. The zero-order valence-electron chi connectivity index (χ0n) is 10.3. The Labute approximate surface area is 106 Å². The summed E-state index contributed by atoms with van der Waals surface area (Å²) >= 11 is 1.48. The predicted molar refractivity (Wildman–Crippen MR) is 67.4 cm³/mol. The minimum atomic E-state index is -0.536. The van der Waals surface area contributed by atoms with Gasteiger partial charge in [-0.05, 0) is 19.8 Å². The maximum absolute atomic E-state index is 12.2. The SMILES string of the molecule is COC(=O)C1(C2(C)NC(O)=CS2)CCCCC1. The highest BCUT2D eigenvalue weighted by Gasteiger charge is 2.57. The third-order valence-electron chi connectivity index (χ3n) is 3.97. The molecule has 2 aliphatic rings. The van der Waals surface area contributed by atoms with E-state index >= 15 is 0 Å². The Bertz CT molecular complexity index is 350. The number of ether oxygens (including phenoxy) is 1. The van der Waals surface area contributed by atoms with Crippen LogP contribution in [0.25, 0.3) is 0 Å². The number of hydrogen-bond acceptors (Lipinski definition) is 5. The monoisotopic (exact) mass is 257 g/mol. The van der Waals surface area contributed by atoms with Gasteiger partial charge in [-0.25, -0.2) is 0 Å². The fourth-order valence-corrected chi connectivity index (χ4v) is 4.02. The molecule has 0 radical (unpaired) electrons. The van der Waals surface area contributed by atoms with Crippen molar-refractivity contribution in [1.82, 2.24) is 5.32 Å². The summed E-state index contributed by atoms with van der Waals surface area (Å²) in [5.74, 6) is -0.0193. The van der Waals surface area contributed by atoms with Crippen LogP contribution in [0.1, 0.15) is 39.0 Å². The lowest BCUT2D eigenvalue weighted by atomic mass is 9.69. The van der Waals surface area contributed by atoms with Gasteiger partial charge in [-0.2, -0.15) is 0 Å². The van der Waals surface area contributed by atoms with E-state index in [1.165, 1.54) is 25.3 Å². The zero-order chi connectivity index (χ0) is 12.5. The lowest BCUT2D eigenvalue weighted by Gasteiger charge is -2.46. The highest BCUT2D eigenvalue weighted by Crippen LogP contribution is 2.53. The second-order valence-electron chi connectivity index (χ2n) is 4.91. The standard InChI is InChI=1S/C12H19NO3S/c1-11(13-9(14)8-17-11)12(10(15)16-2)6-4-3-5-7-12/h8,13-14H,3-7H2,1-2H3. The first-order valence-electron chi connectivity index (χ1n) is 5.98. The summed E-state index contributed by atoms with van der Waals surface area (Å²) < 4.78 is 5.01. The summed E-state index contributed by atoms with van der Waals surface area (Å²) in [6.45, 7) is 1.97. The predicted octanol–water partition coefficient (Wildman–Crippen LogP) is 2.52. The van der Waals surface area contributed by atoms with E-state index in [-0.39, 0.29) is 11.9 Å². The van der Waals surface area contributed by atoms with E-state index in [4.69, 9.17) is 4.74 Å². The van der Waals surface area contributed by atoms with Gasteiger partial charge in [0.15, 0.2) is 5.88 Å². The van der Waals surface area contributed by atoms with Crippen LogP contribution in [0, 0.1) is 5.41 Å². The van der Waals surface area contributed by atoms with Crippen molar-refractivity contribution in [2.45, 2.75) is 43.9 Å². The first kappa shape index (κ1) is 12.6. The number of rotatable bonds is 2. The lowest BCUT2D eigenvalue weighted by Crippen LogP contribution is -2.56. The Hall–Kier alpha value is -0.840. The van der Waals surface area contributed by atoms with Crippen LogP contribution in [-0.2, 0) is 9.53 Å². The number of hydrogen-bond donors (Lipinski definition) is 2. The van der Waals surface area contributed by atoms with Gasteiger partial charge < -0.3 is 15.2 Å². The topological polar surface area (TPSA) is 58.6 Å². The number of methoxy groups -OCH3 is 1. The minimum absolute atomic E-state index is 0.145. The van der Waals surface area contributed by atoms with Crippen LogP contribution >= 0.6 is 11.8 Å². The van der Waals surface area contributed by atoms with Gasteiger partial charge in [0.2, 0.25) is 0 Å². The molecule has 1 aliphatic carbocycles. The van der Waals surface area contributed by atoms with Crippen molar-refractivity contribution in [2.75, 3.05) is 7.11 Å². The first-order chi connectivity index (χ1) is 8.04. The van der Waals surface area contributed by atoms with Crippen LogP contribution in [0.15, 0.2) is 11.3 Å². The maximum atomic E-state index is 12.2. The van der Waals surface area contributed by atoms with E-state index in [1.807, 2.05) is 6.92 Å². The smallest absolute Gasteiger partial charge is 0.315 e. The van der Waals surface area contributed by atoms with E-state index in [2.05, 4.69) is 5.32 Å². The van der Waals surface area contributed by atoms with Crippen molar-refractivity contribution in [2.24, 2.45) is 5.41 Å². The number of aliphatic hydroxyl groups is 1. The summed E-state index contributed by atoms with van der Waals surface area (Å²) in [6, 6.07) is 0. The van der Waals surface area contributed by atoms with Gasteiger partial charge in [0.1, 0.15) is 10.3 Å². The Morgan fingerprint density at radius 3 is 2.59 bits per heavy atom. The van der Waals surface area contributed by atoms with E-state index in [0.29, 0.717) is 0 Å². The average Bonchev–Trinajstić information content (AvgIpc) is 2.70. The molecular weight excluding hydrogens is 238 g/mol. The van der Waals surface area contributed by atoms with Crippen LogP contribution in [0.5, 0.6) is 0 Å². The van der Waals surface area contributed by atoms with Crippen LogP contribution in [0.2, 0.25) is 0 Å². The van der Waals surface area contributed by atoms with Crippen molar-refractivity contribution in [3.8, 4) is 0 Å². The van der Waals surface area contributed by atoms with Crippen molar-refractivity contribution >= 4 is 17.7 Å². The molecule has 1 fully saturated rings. The molecule has 0 aromatic rings. The molecule has 0 saturated heterocycles. The first-order valence-corrected chi connectivity index (χ1v) is 6.86. The highest BCUT2D eigenvalue weighted by molar-refractivity contribution is 8.03. The number of aliphatic hydroxyl groups excluding tert-OH is 1. The number of esters is 1. The van der Waals surface area contributed by atoms with Crippen molar-refractivity contribution < 1.29 is 14.6 Å². The van der Waals surface area contributed by atoms with Gasteiger partial charge in [0.05, 0.1) is 7.11 Å². The van der Waals surface area contributed by atoms with Gasteiger partial charge in [-0.3, -0.25) is 4.79 Å². The zero-order valence-corrected chi connectivity index (χ0v) is 11.1. The largest absolute Gasteiger partial charge is 0.494 e. The summed E-state index contributed by atoms with van der Waals surface area (Å²) in [4.78, 5) is 11.7. The Morgan fingerprint density at radius 2 is 2.12 bits per heavy atom. The molecule has 0 bridgehead atoms. The molecule has 0 aromatic heterocycles. The third-order valence-corrected chi connectivity index (χ3v) is 5.27. The van der Waals surface area contributed by atoms with Gasteiger partial charge in [0, 0.05) is 5.41 Å². The minimum Gasteiger partial charge on any atom is -0.494 e. The van der Waals surface area contributed by atoms with Crippen molar-refractivity contribution in [1.29, 1.82) is 0 Å². The number of thioether (sulfide) groups is 1. The molecule has 0 aromatic carbocycles. The van der Waals surface area contributed by atoms with Crippen LogP contribution in [0.3, 0.4) is 0 Å². The molecule has 1 aliphatic heterocycles. The fourth-order valence-electron chi connectivity index (χ4n) is 2.94. The molecule has 17 heavy (non-hydrogen) atoms. The molecule has 96 valence electrons. The summed E-state index contributed by atoms with van der Waals surface area (Å²) in [5.41, 5.74) is -0.536. The highest BCUT2D eigenvalue weighted by atomic mass is 32.2. The normalized spacial score (nSPS) is 31.5. The number of carbonyl (C=O) groups excluding carboxylic acids is 1. The molecule has 5 heteroatoms. The molecule has 1 saturated carbocycles. The van der Waals surface area contributed by atoms with Crippen LogP contribution in [0.4, 0.5) is 0 Å². The van der Waals surface area contributed by atoms with Crippen LogP contribution in [-0.4, -0.2) is 23.1 Å². The second-order valence-corrected chi connectivity index (χ2v) is 6.20. The van der Waals surface area contributed by atoms with Crippen molar-refractivity contribution in [3.63, 3.8) is 0 Å². The average molecular weight is 257 g/mol. The molecule has 1 heterocycles. The molecule has 2 N–H and O–H groups in total. The molecule has 0 amide bonds. The van der Waals surface area contributed by atoms with Gasteiger partial charge in [-0.15, -0.1) is 0 Å². The van der Waals surface area contributed by atoms with Crippen molar-refractivity contribution in [3.05, 3.63) is 11.3 Å². The number of carbonyl (C=O) groups is 1. The molecule has 4 nitrogen and oxygen atoms in total. The lowest BCUT2D eigenvalue weighted by molar-refractivity contribution is -0.158. The van der Waals surface area contributed by atoms with Gasteiger partial charge in [-0.1, -0.05) is 31.0 Å². The second kappa shape index (κ2) is 4.44. The Balaban J connectivity index is 2.30. The van der Waals surface area contributed by atoms with E-state index < -0.39 is 10.3 Å². The molecular formula is C12H19NO3S. The summed E-state index contributed by atoms with van der Waals surface area (Å²) in [6.07, 6.45) is 4.87. The summed E-state index contributed by atoms with van der Waals surface area (Å²) in [5, 5.41) is 14.2. The maximum Gasteiger partial charge on any atom is 0.315 e. The molecule has 2 rings (SSSR count). The Kier molecular flexibility index (Phi) is 3.30. The Morgan fingerprint density at radius 1 is 1.47 bits per heavy atom. The van der Waals surface area contributed by atoms with E-state index in [1.54, 1.807) is 5.41 Å². The van der Waals surface area contributed by atoms with E-state index in [0.717, 1.165) is 25.7 Å². The van der Waals surface area contributed by atoms with Gasteiger partial charge >= 0.3 is 5.97 Å². The molecule has 0 spiro atoms. The third kappa shape index (κ3) is 1.90. The number of nitrogens with one attached hydrogen (secondary N) is 1. The van der Waals surface area contributed by atoms with E-state index in [9.17, 15) is 9.90 Å². The van der Waals surface area contributed by atoms with Gasteiger partial charge in [0.25, 0.3) is 0 Å². The molecule has 1 unspecified atom stereocenters. The summed E-state index contributed by atoms with van der Waals surface area (Å²) in [7, 11) is 1.44.